The van der Waals surface area contributed by atoms with Crippen LogP contribution in [0.15, 0.2) is 24.3 Å². The number of carbonyl (C=O) groups is 5. The summed E-state index contributed by atoms with van der Waals surface area (Å²) in [6.07, 6.45) is 6.90. The maximum absolute atomic E-state index is 13.3. The largest absolute Gasteiger partial charge is 0.356 e. The summed E-state index contributed by atoms with van der Waals surface area (Å²) in [5.74, 6) is 4.19. The second-order valence-electron chi connectivity index (χ2n) is 11.7. The van der Waals surface area contributed by atoms with Crippen LogP contribution in [0.2, 0.25) is 0 Å². The van der Waals surface area contributed by atoms with Gasteiger partial charge in [0.05, 0.1) is 6.04 Å². The quantitative estimate of drug-likeness (QED) is 0.0874. The predicted octanol–water partition coefficient (Wildman–Crippen LogP) is 1.47. The van der Waals surface area contributed by atoms with Crippen LogP contribution < -0.4 is 38.1 Å². The fraction of sp³-hybridized carbons (Fsp3) is 0.606. The molecule has 1 radical (unpaired) electrons. The van der Waals surface area contributed by atoms with Crippen LogP contribution in [0.25, 0.3) is 0 Å². The number of nitrogens with two attached hydrogens (primary N) is 2. The first-order chi connectivity index (χ1) is 22.1. The lowest BCUT2D eigenvalue weighted by Crippen LogP contribution is -2.56. The summed E-state index contributed by atoms with van der Waals surface area (Å²) in [6.45, 7) is 4.15. The van der Waals surface area contributed by atoms with E-state index in [1.807, 2.05) is 0 Å². The van der Waals surface area contributed by atoms with Crippen molar-refractivity contribution in [2.24, 2.45) is 17.4 Å². The molecule has 0 spiro atoms. The Morgan fingerprint density at radius 2 is 1.65 bits per heavy atom. The Balaban J connectivity index is 1.80. The van der Waals surface area contributed by atoms with Crippen molar-refractivity contribution in [2.75, 3.05) is 25.0 Å². The van der Waals surface area contributed by atoms with Crippen molar-refractivity contribution in [1.29, 1.82) is 0 Å². The van der Waals surface area contributed by atoms with Gasteiger partial charge >= 0.3 is 6.03 Å². The summed E-state index contributed by atoms with van der Waals surface area (Å²) >= 11 is 0. The molecule has 1 aromatic carbocycles. The molecule has 253 valence electrons. The zero-order valence-corrected chi connectivity index (χ0v) is 27.0. The first-order valence-corrected chi connectivity index (χ1v) is 16.1. The van der Waals surface area contributed by atoms with Gasteiger partial charge in [0.2, 0.25) is 23.6 Å². The van der Waals surface area contributed by atoms with Gasteiger partial charge < -0.3 is 42.8 Å². The molecular weight excluding hydrogens is 590 g/mol. The fourth-order valence-electron chi connectivity index (χ4n) is 4.72. The molecule has 1 unspecified atom stereocenters. The molecule has 0 fully saturated rings. The van der Waals surface area contributed by atoms with Crippen LogP contribution in [0.4, 0.5) is 10.5 Å². The Hall–Kier alpha value is -4.15. The lowest BCUT2D eigenvalue weighted by Gasteiger charge is -2.26. The molecule has 0 aromatic heterocycles. The maximum Gasteiger partial charge on any atom is 0.312 e. The number of rotatable bonds is 19. The number of unbranched alkanes of at least 4 members (excludes halogenated alkanes) is 1. The molecule has 0 saturated heterocycles. The predicted molar refractivity (Wildman–Crippen MR) is 175 cm³/mol. The highest BCUT2D eigenvalue weighted by atomic mass is 16.5. The van der Waals surface area contributed by atoms with Crippen molar-refractivity contribution < 1.29 is 28.7 Å². The normalized spacial score (nSPS) is 16.3. The lowest BCUT2D eigenvalue weighted by atomic mass is 10.0. The minimum absolute atomic E-state index is 0.0440. The SMILES string of the molecule is CC(C)[C@H](NC(=O)[C@H](N)CCCCNC(=O)COC1C#CCCCCC1)C(=O)N[C@@H](CCCNC(N)=O)C(=O)Nc1cc[c]cc1. The van der Waals surface area contributed by atoms with Crippen molar-refractivity contribution in [2.45, 2.75) is 102 Å². The summed E-state index contributed by atoms with van der Waals surface area (Å²) < 4.78 is 5.64. The molecule has 1 aromatic rings. The first kappa shape index (κ1) is 38.0. The van der Waals surface area contributed by atoms with E-state index in [1.54, 1.807) is 38.1 Å². The number of urea groups is 1. The molecule has 1 aliphatic rings. The molecule has 6 amide bonds. The van der Waals surface area contributed by atoms with Gasteiger partial charge in [-0.1, -0.05) is 38.3 Å². The van der Waals surface area contributed by atoms with Crippen molar-refractivity contribution in [3.63, 3.8) is 0 Å². The van der Waals surface area contributed by atoms with Gasteiger partial charge in [-0.25, -0.2) is 4.79 Å². The van der Waals surface area contributed by atoms with Crippen molar-refractivity contribution >= 4 is 35.3 Å². The summed E-state index contributed by atoms with van der Waals surface area (Å²) in [4.78, 5) is 62.4. The number of primary amides is 1. The molecule has 46 heavy (non-hydrogen) atoms. The van der Waals surface area contributed by atoms with Gasteiger partial charge in [-0.05, 0) is 75.5 Å². The third-order valence-electron chi connectivity index (χ3n) is 7.38. The van der Waals surface area contributed by atoms with Crippen LogP contribution >= 0.6 is 0 Å². The van der Waals surface area contributed by atoms with E-state index in [-0.39, 0.29) is 37.5 Å². The molecule has 0 aliphatic heterocycles. The molecule has 13 heteroatoms. The van der Waals surface area contributed by atoms with E-state index in [4.69, 9.17) is 16.2 Å². The Bertz CT molecular complexity index is 1180. The van der Waals surface area contributed by atoms with Crippen molar-refractivity contribution in [1.82, 2.24) is 21.3 Å². The van der Waals surface area contributed by atoms with E-state index in [9.17, 15) is 24.0 Å². The standard InChI is InChI=1S/C33H50N7O6/c1-23(2)29(32(44)39-27(19-13-21-37-33(35)45)31(43)38-24-14-7-6-8-15-24)40-30(42)26(34)18-11-12-20-36-28(41)22-46-25-16-9-4-3-5-10-17-25/h7-8,14-15,23,25-27,29H,3-5,9,11-13,16,18-22,34H2,1-2H3,(H,36,41)(H,38,43)(H,39,44)(H,40,42)(H3,35,37,45)/t25?,26-,27+,29+/m1/s1. The highest BCUT2D eigenvalue weighted by molar-refractivity contribution is 5.98. The van der Waals surface area contributed by atoms with E-state index < -0.39 is 41.9 Å². The zero-order chi connectivity index (χ0) is 33.7. The number of nitrogens with one attached hydrogen (secondary N) is 5. The van der Waals surface area contributed by atoms with E-state index in [2.05, 4.69) is 44.5 Å². The van der Waals surface area contributed by atoms with E-state index in [0.29, 0.717) is 37.9 Å². The van der Waals surface area contributed by atoms with Gasteiger partial charge in [0.25, 0.3) is 0 Å². The number of hydrogen-bond donors (Lipinski definition) is 7. The van der Waals surface area contributed by atoms with Gasteiger partial charge in [0, 0.05) is 25.2 Å². The fourth-order valence-corrected chi connectivity index (χ4v) is 4.72. The molecule has 0 heterocycles. The van der Waals surface area contributed by atoms with E-state index in [0.717, 1.165) is 32.1 Å². The van der Waals surface area contributed by atoms with Gasteiger partial charge in [-0.3, -0.25) is 19.2 Å². The van der Waals surface area contributed by atoms with Crippen LogP contribution in [0.1, 0.15) is 78.1 Å². The Labute approximate surface area is 272 Å². The number of carbonyl (C=O) groups excluding carboxylic acids is 5. The highest BCUT2D eigenvalue weighted by Crippen LogP contribution is 2.12. The molecule has 0 saturated carbocycles. The topological polar surface area (TPSA) is 207 Å². The van der Waals surface area contributed by atoms with Gasteiger partial charge in [-0.2, -0.15) is 0 Å². The Morgan fingerprint density at radius 1 is 0.913 bits per heavy atom. The average molecular weight is 641 g/mol. The second-order valence-corrected chi connectivity index (χ2v) is 11.7. The number of benzene rings is 1. The number of anilines is 1. The molecule has 2 rings (SSSR count). The number of hydrogen-bond acceptors (Lipinski definition) is 7. The minimum Gasteiger partial charge on any atom is -0.356 e. The third-order valence-corrected chi connectivity index (χ3v) is 7.38. The molecular formula is C33H50N7O6. The minimum atomic E-state index is -0.941. The maximum atomic E-state index is 13.3. The van der Waals surface area contributed by atoms with Crippen LogP contribution in [-0.2, 0) is 23.9 Å². The highest BCUT2D eigenvalue weighted by Gasteiger charge is 2.30. The number of ether oxygens (including phenoxy) is 1. The molecule has 9 N–H and O–H groups in total. The summed E-state index contributed by atoms with van der Waals surface area (Å²) in [5.41, 5.74) is 11.8. The summed E-state index contributed by atoms with van der Waals surface area (Å²) in [6, 6.07) is 6.07. The summed E-state index contributed by atoms with van der Waals surface area (Å²) in [5, 5.41) is 13.5. The molecule has 0 bridgehead atoms. The first-order valence-electron chi connectivity index (χ1n) is 16.1. The Morgan fingerprint density at radius 3 is 2.37 bits per heavy atom. The smallest absolute Gasteiger partial charge is 0.312 e. The zero-order valence-electron chi connectivity index (χ0n) is 27.0. The average Bonchev–Trinajstić information content (AvgIpc) is 3.00. The van der Waals surface area contributed by atoms with Crippen LogP contribution in [0, 0.1) is 23.8 Å². The van der Waals surface area contributed by atoms with Gasteiger partial charge in [-0.15, -0.1) is 5.92 Å². The van der Waals surface area contributed by atoms with Gasteiger partial charge in [0.15, 0.2) is 0 Å². The summed E-state index contributed by atoms with van der Waals surface area (Å²) in [7, 11) is 0. The lowest BCUT2D eigenvalue weighted by molar-refractivity contribution is -0.132. The Kier molecular flexibility index (Phi) is 17.8. The molecule has 4 atom stereocenters. The molecule has 13 nitrogen and oxygen atoms in total. The number of amides is 6. The van der Waals surface area contributed by atoms with Gasteiger partial charge in [0.1, 0.15) is 24.8 Å². The van der Waals surface area contributed by atoms with Crippen LogP contribution in [-0.4, -0.2) is 73.6 Å². The monoisotopic (exact) mass is 640 g/mol. The van der Waals surface area contributed by atoms with Crippen molar-refractivity contribution in [3.05, 3.63) is 30.3 Å². The second kappa shape index (κ2) is 21.6. The third kappa shape index (κ3) is 15.7. The van der Waals surface area contributed by atoms with E-state index >= 15 is 0 Å². The van der Waals surface area contributed by atoms with Crippen LogP contribution in [0.3, 0.4) is 0 Å². The van der Waals surface area contributed by atoms with Crippen LogP contribution in [0.5, 0.6) is 0 Å². The molecule has 1 aliphatic carbocycles. The van der Waals surface area contributed by atoms with E-state index in [1.165, 1.54) is 0 Å². The van der Waals surface area contributed by atoms with Crippen molar-refractivity contribution in [3.8, 4) is 11.8 Å².